The molecule has 0 radical (unpaired) electrons. The van der Waals surface area contributed by atoms with Crippen molar-refractivity contribution >= 4 is 29.3 Å². The number of carbonyl (C=O) groups is 1. The van der Waals surface area contributed by atoms with Gasteiger partial charge in [0.05, 0.1) is 6.54 Å². The van der Waals surface area contributed by atoms with Crippen molar-refractivity contribution in [3.8, 4) is 0 Å². The lowest BCUT2D eigenvalue weighted by molar-refractivity contribution is -0.120. The van der Waals surface area contributed by atoms with E-state index in [0.29, 0.717) is 11.0 Å². The third kappa shape index (κ3) is 5.78. The lowest BCUT2D eigenvalue weighted by Gasteiger charge is -2.20. The summed E-state index contributed by atoms with van der Waals surface area (Å²) in [4.78, 5) is 20.2. The molecule has 0 fully saturated rings. The van der Waals surface area contributed by atoms with Gasteiger partial charge in [-0.25, -0.2) is 9.97 Å². The molecule has 0 bridgehead atoms. The number of amides is 1. The molecule has 0 aliphatic carbocycles. The maximum Gasteiger partial charge on any atom is 0.239 e. The van der Waals surface area contributed by atoms with Crippen LogP contribution < -0.4 is 16.0 Å². The summed E-state index contributed by atoms with van der Waals surface area (Å²) in [5.41, 5.74) is -0.231. The van der Waals surface area contributed by atoms with E-state index in [-0.39, 0.29) is 18.0 Å². The van der Waals surface area contributed by atoms with Gasteiger partial charge in [0.2, 0.25) is 5.91 Å². The molecule has 1 aromatic rings. The Morgan fingerprint density at radius 1 is 1.32 bits per heavy atom. The Hall–Kier alpha value is -1.50. The Labute approximate surface area is 118 Å². The number of carbonyl (C=O) groups excluding carboxylic acids is 1. The molecule has 0 saturated heterocycles. The van der Waals surface area contributed by atoms with Crippen molar-refractivity contribution in [1.29, 1.82) is 0 Å². The Balaban J connectivity index is 2.64. The van der Waals surface area contributed by atoms with E-state index in [1.54, 1.807) is 13.1 Å². The summed E-state index contributed by atoms with van der Waals surface area (Å²) in [7, 11) is 1.79. The molecule has 1 aromatic heterocycles. The molecule has 0 aromatic carbocycles. The molecule has 0 atom stereocenters. The molecular weight excluding hydrogens is 262 g/mol. The summed E-state index contributed by atoms with van der Waals surface area (Å²) in [5.74, 6) is 1.29. The van der Waals surface area contributed by atoms with Crippen LogP contribution in [0.15, 0.2) is 11.2 Å². The third-order valence-corrected chi connectivity index (χ3v) is 2.64. The second kappa shape index (κ2) is 6.60. The zero-order valence-corrected chi connectivity index (χ0v) is 12.8. The molecule has 0 aliphatic rings. The van der Waals surface area contributed by atoms with Crippen molar-refractivity contribution in [2.24, 2.45) is 0 Å². The van der Waals surface area contributed by atoms with Crippen molar-refractivity contribution in [1.82, 2.24) is 15.3 Å². The predicted octanol–water partition coefficient (Wildman–Crippen LogP) is 1.57. The number of rotatable bonds is 5. The van der Waals surface area contributed by atoms with E-state index in [4.69, 9.17) is 0 Å². The average Bonchev–Trinajstić information content (AvgIpc) is 2.33. The zero-order valence-electron chi connectivity index (χ0n) is 12.0. The fraction of sp³-hybridized carbons (Fsp3) is 0.583. The number of hydrogen-bond acceptors (Lipinski definition) is 6. The SMILES string of the molecule is CNc1cc(NCC(=O)NC(C)(C)C)nc(SC)n1. The fourth-order valence-corrected chi connectivity index (χ4v) is 1.75. The van der Waals surface area contributed by atoms with E-state index in [9.17, 15) is 4.79 Å². The van der Waals surface area contributed by atoms with Gasteiger partial charge in [0.25, 0.3) is 0 Å². The highest BCUT2D eigenvalue weighted by molar-refractivity contribution is 7.98. The van der Waals surface area contributed by atoms with E-state index in [1.165, 1.54) is 11.8 Å². The van der Waals surface area contributed by atoms with Crippen LogP contribution in [0.3, 0.4) is 0 Å². The highest BCUT2D eigenvalue weighted by Gasteiger charge is 2.13. The minimum Gasteiger partial charge on any atom is -0.373 e. The van der Waals surface area contributed by atoms with E-state index in [0.717, 1.165) is 5.82 Å². The van der Waals surface area contributed by atoms with Gasteiger partial charge in [0.1, 0.15) is 11.6 Å². The first-order valence-corrected chi connectivity index (χ1v) is 7.22. The Morgan fingerprint density at radius 3 is 2.47 bits per heavy atom. The quantitative estimate of drug-likeness (QED) is 0.562. The maximum absolute atomic E-state index is 11.7. The van der Waals surface area contributed by atoms with Crippen LogP contribution in [0, 0.1) is 0 Å². The predicted molar refractivity (Wildman–Crippen MR) is 79.7 cm³/mol. The number of nitrogens with zero attached hydrogens (tertiary/aromatic N) is 2. The highest BCUT2D eigenvalue weighted by Crippen LogP contribution is 2.16. The summed E-state index contributed by atoms with van der Waals surface area (Å²) in [6, 6.07) is 1.77. The zero-order chi connectivity index (χ0) is 14.5. The van der Waals surface area contributed by atoms with Gasteiger partial charge in [0.15, 0.2) is 5.16 Å². The van der Waals surface area contributed by atoms with Crippen molar-refractivity contribution in [3.05, 3.63) is 6.07 Å². The molecule has 0 spiro atoms. The lowest BCUT2D eigenvalue weighted by atomic mass is 10.1. The Bertz CT molecular complexity index is 422. The normalized spacial score (nSPS) is 11.0. The summed E-state index contributed by atoms with van der Waals surface area (Å²) < 4.78 is 0. The third-order valence-electron chi connectivity index (χ3n) is 2.09. The smallest absolute Gasteiger partial charge is 0.239 e. The Morgan fingerprint density at radius 2 is 1.95 bits per heavy atom. The molecule has 1 heterocycles. The standard InChI is InChI=1S/C12H21N5OS/c1-12(2,3)17-10(18)7-14-9-6-8(13-4)15-11(16-9)19-5/h6H,7H2,1-5H3,(H,17,18)(H2,13,14,15,16). The molecular formula is C12H21N5OS. The van der Waals surface area contributed by atoms with Crippen molar-refractivity contribution in [2.45, 2.75) is 31.5 Å². The second-order valence-electron chi connectivity index (χ2n) is 5.03. The van der Waals surface area contributed by atoms with Crippen LogP contribution >= 0.6 is 11.8 Å². The van der Waals surface area contributed by atoms with Crippen LogP contribution in [-0.2, 0) is 4.79 Å². The number of hydrogen-bond donors (Lipinski definition) is 3. The fourth-order valence-electron chi connectivity index (χ4n) is 1.37. The first kappa shape index (κ1) is 15.6. The highest BCUT2D eigenvalue weighted by atomic mass is 32.2. The van der Waals surface area contributed by atoms with Crippen molar-refractivity contribution < 1.29 is 4.79 Å². The van der Waals surface area contributed by atoms with Gasteiger partial charge < -0.3 is 16.0 Å². The first-order chi connectivity index (χ1) is 8.84. The Kier molecular flexibility index (Phi) is 5.41. The number of aromatic nitrogens is 2. The van der Waals surface area contributed by atoms with Crippen molar-refractivity contribution in [3.63, 3.8) is 0 Å². The van der Waals surface area contributed by atoms with Gasteiger partial charge in [-0.1, -0.05) is 11.8 Å². The van der Waals surface area contributed by atoms with Crippen LogP contribution in [0.4, 0.5) is 11.6 Å². The van der Waals surface area contributed by atoms with E-state index in [2.05, 4.69) is 25.9 Å². The van der Waals surface area contributed by atoms with E-state index in [1.807, 2.05) is 27.0 Å². The maximum atomic E-state index is 11.7. The molecule has 3 N–H and O–H groups in total. The molecule has 0 aliphatic heterocycles. The van der Waals surface area contributed by atoms with Crippen LogP contribution in [0.2, 0.25) is 0 Å². The second-order valence-corrected chi connectivity index (χ2v) is 5.80. The van der Waals surface area contributed by atoms with Crippen LogP contribution in [0.1, 0.15) is 20.8 Å². The largest absolute Gasteiger partial charge is 0.373 e. The average molecular weight is 283 g/mol. The van der Waals surface area contributed by atoms with Crippen LogP contribution in [0.25, 0.3) is 0 Å². The van der Waals surface area contributed by atoms with Gasteiger partial charge in [-0.3, -0.25) is 4.79 Å². The van der Waals surface area contributed by atoms with Crippen molar-refractivity contribution in [2.75, 3.05) is 30.5 Å². The van der Waals surface area contributed by atoms with Gasteiger partial charge >= 0.3 is 0 Å². The topological polar surface area (TPSA) is 78.9 Å². The van der Waals surface area contributed by atoms with Gasteiger partial charge in [-0.2, -0.15) is 0 Å². The summed E-state index contributed by atoms with van der Waals surface area (Å²) in [6.45, 7) is 6.02. The number of thioether (sulfide) groups is 1. The number of anilines is 2. The molecule has 0 saturated carbocycles. The molecule has 19 heavy (non-hydrogen) atoms. The van der Waals surface area contributed by atoms with Crippen LogP contribution in [-0.4, -0.2) is 41.3 Å². The summed E-state index contributed by atoms with van der Waals surface area (Å²) in [5, 5.41) is 9.50. The molecule has 6 nitrogen and oxygen atoms in total. The minimum absolute atomic E-state index is 0.0668. The number of nitrogens with one attached hydrogen (secondary N) is 3. The monoisotopic (exact) mass is 283 g/mol. The molecule has 7 heteroatoms. The summed E-state index contributed by atoms with van der Waals surface area (Å²) in [6.07, 6.45) is 1.91. The van der Waals surface area contributed by atoms with Gasteiger partial charge in [-0.05, 0) is 27.0 Å². The van der Waals surface area contributed by atoms with Gasteiger partial charge in [0, 0.05) is 18.7 Å². The van der Waals surface area contributed by atoms with E-state index < -0.39 is 0 Å². The summed E-state index contributed by atoms with van der Waals surface area (Å²) >= 11 is 1.45. The lowest BCUT2D eigenvalue weighted by Crippen LogP contribution is -2.43. The first-order valence-electron chi connectivity index (χ1n) is 6.00. The van der Waals surface area contributed by atoms with Crippen LogP contribution in [0.5, 0.6) is 0 Å². The molecule has 1 amide bonds. The molecule has 1 rings (SSSR count). The van der Waals surface area contributed by atoms with E-state index >= 15 is 0 Å². The minimum atomic E-state index is -0.231. The molecule has 106 valence electrons. The molecule has 0 unspecified atom stereocenters. The van der Waals surface area contributed by atoms with Gasteiger partial charge in [-0.15, -0.1) is 0 Å².